The van der Waals surface area contributed by atoms with Crippen LogP contribution in [0.1, 0.15) is 28.8 Å². The van der Waals surface area contributed by atoms with E-state index in [4.69, 9.17) is 21.7 Å². The maximum Gasteiger partial charge on any atom is 0.257 e. The first-order valence-corrected chi connectivity index (χ1v) is 11.8. The molecular weight excluding hydrogens is 462 g/mol. The molecule has 1 aliphatic carbocycles. The van der Waals surface area contributed by atoms with Gasteiger partial charge in [0.1, 0.15) is 24.7 Å². The third-order valence-corrected chi connectivity index (χ3v) is 5.59. The molecule has 0 aromatic heterocycles. The molecule has 4 rings (SSSR count). The zero-order valence-corrected chi connectivity index (χ0v) is 20.2. The van der Waals surface area contributed by atoms with Crippen LogP contribution in [0.5, 0.6) is 11.5 Å². The number of carbonyl (C=O) groups is 2. The Labute approximate surface area is 209 Å². The van der Waals surface area contributed by atoms with Crippen molar-refractivity contribution >= 4 is 40.5 Å². The van der Waals surface area contributed by atoms with Crippen LogP contribution in [0.3, 0.4) is 0 Å². The number of para-hydroxylation sites is 1. The van der Waals surface area contributed by atoms with Crippen molar-refractivity contribution in [1.29, 1.82) is 0 Å². The highest BCUT2D eigenvalue weighted by atomic mass is 32.1. The van der Waals surface area contributed by atoms with Crippen molar-refractivity contribution in [3.05, 3.63) is 83.9 Å². The van der Waals surface area contributed by atoms with Crippen molar-refractivity contribution in [2.24, 2.45) is 5.92 Å². The Balaban J connectivity index is 1.27. The number of thiocarbonyl (C=S) groups is 1. The van der Waals surface area contributed by atoms with Crippen LogP contribution in [0.15, 0.2) is 72.8 Å². The summed E-state index contributed by atoms with van der Waals surface area (Å²) in [4.78, 5) is 24.8. The fraction of sp³-hybridized carbons (Fsp3) is 0.222. The lowest BCUT2D eigenvalue weighted by Crippen LogP contribution is -2.34. The molecule has 8 heteroatoms. The van der Waals surface area contributed by atoms with Gasteiger partial charge in [0.05, 0.1) is 0 Å². The van der Waals surface area contributed by atoms with E-state index in [0.29, 0.717) is 30.2 Å². The monoisotopic (exact) mass is 489 g/mol. The van der Waals surface area contributed by atoms with Gasteiger partial charge in [-0.05, 0) is 80.0 Å². The molecule has 0 heterocycles. The van der Waals surface area contributed by atoms with Crippen molar-refractivity contribution in [1.82, 2.24) is 5.32 Å². The van der Waals surface area contributed by atoms with Gasteiger partial charge in [-0.25, -0.2) is 0 Å². The Morgan fingerprint density at radius 3 is 2.34 bits per heavy atom. The maximum absolute atomic E-state index is 12.7. The second-order valence-corrected chi connectivity index (χ2v) is 8.65. The van der Waals surface area contributed by atoms with Crippen LogP contribution in [-0.2, 0) is 4.79 Å². The molecule has 7 nitrogen and oxygen atoms in total. The number of amides is 2. The van der Waals surface area contributed by atoms with Gasteiger partial charge in [-0.2, -0.15) is 0 Å². The molecule has 0 unspecified atom stereocenters. The summed E-state index contributed by atoms with van der Waals surface area (Å²) >= 11 is 5.31. The minimum Gasteiger partial charge on any atom is -0.490 e. The van der Waals surface area contributed by atoms with Crippen molar-refractivity contribution < 1.29 is 19.1 Å². The fourth-order valence-electron chi connectivity index (χ4n) is 3.32. The first kappa shape index (κ1) is 24.2. The van der Waals surface area contributed by atoms with Crippen molar-refractivity contribution in [2.45, 2.75) is 19.8 Å². The molecule has 1 aliphatic rings. The summed E-state index contributed by atoms with van der Waals surface area (Å²) in [5.41, 5.74) is 2.76. The Morgan fingerprint density at radius 2 is 1.60 bits per heavy atom. The molecule has 35 heavy (non-hydrogen) atoms. The molecule has 0 spiro atoms. The van der Waals surface area contributed by atoms with Crippen molar-refractivity contribution in [3.8, 4) is 11.5 Å². The van der Waals surface area contributed by atoms with Gasteiger partial charge < -0.3 is 20.1 Å². The van der Waals surface area contributed by atoms with Gasteiger partial charge in [0, 0.05) is 22.9 Å². The standard InChI is InChI=1S/C27H27N3O4S/c1-18-10-13-21(17-24(18)29-25(31)19-11-12-19)28-27(35)30-26(32)20-6-5-9-23(16-20)34-15-14-33-22-7-3-2-4-8-22/h2-10,13,16-17,19H,11-12,14-15H2,1H3,(H,29,31)(H2,28,30,32,35). The zero-order valence-electron chi connectivity index (χ0n) is 19.4. The number of hydrogen-bond acceptors (Lipinski definition) is 5. The van der Waals surface area contributed by atoms with Gasteiger partial charge in [-0.3, -0.25) is 14.9 Å². The largest absolute Gasteiger partial charge is 0.490 e. The molecule has 1 fully saturated rings. The average Bonchev–Trinajstić information content (AvgIpc) is 3.70. The molecule has 3 aromatic rings. The van der Waals surface area contributed by atoms with Gasteiger partial charge in [-0.15, -0.1) is 0 Å². The second-order valence-electron chi connectivity index (χ2n) is 8.24. The zero-order chi connectivity index (χ0) is 24.6. The summed E-state index contributed by atoms with van der Waals surface area (Å²) in [6.45, 7) is 2.65. The molecule has 0 bridgehead atoms. The molecule has 0 aliphatic heterocycles. The number of ether oxygens (including phenoxy) is 2. The van der Waals surface area contributed by atoms with E-state index in [1.54, 1.807) is 30.3 Å². The summed E-state index contributed by atoms with van der Waals surface area (Å²) in [6, 6.07) is 21.9. The molecule has 180 valence electrons. The Bertz CT molecular complexity index is 1210. The molecule has 0 saturated heterocycles. The second kappa shape index (κ2) is 11.5. The van der Waals surface area contributed by atoms with E-state index in [2.05, 4.69) is 16.0 Å². The van der Waals surface area contributed by atoms with Gasteiger partial charge in [0.2, 0.25) is 5.91 Å². The molecule has 2 amide bonds. The van der Waals surface area contributed by atoms with Crippen LogP contribution < -0.4 is 25.4 Å². The first-order valence-electron chi connectivity index (χ1n) is 11.4. The predicted molar refractivity (Wildman–Crippen MR) is 140 cm³/mol. The van der Waals surface area contributed by atoms with Gasteiger partial charge in [0.15, 0.2) is 5.11 Å². The minimum absolute atomic E-state index is 0.0369. The normalized spacial score (nSPS) is 12.4. The van der Waals surface area contributed by atoms with Crippen LogP contribution in [0.2, 0.25) is 0 Å². The molecule has 3 aromatic carbocycles. The summed E-state index contributed by atoms with van der Waals surface area (Å²) in [6.07, 6.45) is 1.87. The molecule has 0 atom stereocenters. The number of hydrogen-bond donors (Lipinski definition) is 3. The van der Waals surface area contributed by atoms with E-state index in [1.165, 1.54) is 0 Å². The van der Waals surface area contributed by atoms with E-state index in [0.717, 1.165) is 29.8 Å². The Morgan fingerprint density at radius 1 is 0.886 bits per heavy atom. The van der Waals surface area contributed by atoms with Crippen LogP contribution in [0, 0.1) is 12.8 Å². The molecule has 0 radical (unpaired) electrons. The summed E-state index contributed by atoms with van der Waals surface area (Å²) in [5.74, 6) is 1.12. The number of carbonyl (C=O) groups excluding carboxylic acids is 2. The Kier molecular flexibility index (Phi) is 7.95. The van der Waals surface area contributed by atoms with Gasteiger partial charge in [0.25, 0.3) is 5.91 Å². The van der Waals surface area contributed by atoms with Crippen molar-refractivity contribution in [2.75, 3.05) is 23.8 Å². The number of aryl methyl sites for hydroxylation is 1. The molecular formula is C27H27N3O4S. The van der Waals surface area contributed by atoms with E-state index in [9.17, 15) is 9.59 Å². The molecule has 1 saturated carbocycles. The number of rotatable bonds is 9. The van der Waals surface area contributed by atoms with Gasteiger partial charge >= 0.3 is 0 Å². The van der Waals surface area contributed by atoms with E-state index in [-0.39, 0.29) is 22.8 Å². The summed E-state index contributed by atoms with van der Waals surface area (Å²) < 4.78 is 11.3. The van der Waals surface area contributed by atoms with Crippen molar-refractivity contribution in [3.63, 3.8) is 0 Å². The lowest BCUT2D eigenvalue weighted by atomic mass is 10.1. The van der Waals surface area contributed by atoms with Crippen LogP contribution in [-0.4, -0.2) is 30.1 Å². The fourth-order valence-corrected chi connectivity index (χ4v) is 3.53. The highest BCUT2D eigenvalue weighted by molar-refractivity contribution is 7.80. The first-order chi connectivity index (χ1) is 17.0. The predicted octanol–water partition coefficient (Wildman–Crippen LogP) is 4.93. The SMILES string of the molecule is Cc1ccc(NC(=S)NC(=O)c2cccc(OCCOc3ccccc3)c2)cc1NC(=O)C1CC1. The smallest absolute Gasteiger partial charge is 0.257 e. The van der Waals surface area contributed by atoms with E-state index in [1.807, 2.05) is 49.4 Å². The van der Waals surface area contributed by atoms with Crippen LogP contribution >= 0.6 is 12.2 Å². The molecule has 3 N–H and O–H groups in total. The maximum atomic E-state index is 12.7. The topological polar surface area (TPSA) is 88.7 Å². The van der Waals surface area contributed by atoms with E-state index >= 15 is 0 Å². The quantitative estimate of drug-likeness (QED) is 0.292. The summed E-state index contributed by atoms with van der Waals surface area (Å²) in [5, 5.41) is 8.79. The summed E-state index contributed by atoms with van der Waals surface area (Å²) in [7, 11) is 0. The highest BCUT2D eigenvalue weighted by Crippen LogP contribution is 2.31. The number of nitrogens with one attached hydrogen (secondary N) is 3. The van der Waals surface area contributed by atoms with Crippen LogP contribution in [0.4, 0.5) is 11.4 Å². The van der Waals surface area contributed by atoms with Crippen LogP contribution in [0.25, 0.3) is 0 Å². The highest BCUT2D eigenvalue weighted by Gasteiger charge is 2.29. The third-order valence-electron chi connectivity index (χ3n) is 5.39. The van der Waals surface area contributed by atoms with E-state index < -0.39 is 0 Å². The number of anilines is 2. The minimum atomic E-state index is -0.358. The third kappa shape index (κ3) is 7.28. The Hall–Kier alpha value is -3.91. The average molecular weight is 490 g/mol. The number of benzene rings is 3. The lowest BCUT2D eigenvalue weighted by molar-refractivity contribution is -0.117. The lowest BCUT2D eigenvalue weighted by Gasteiger charge is -2.13. The van der Waals surface area contributed by atoms with Gasteiger partial charge in [-0.1, -0.05) is 30.3 Å².